The molecular weight excluding hydrogens is 348 g/mol. The zero-order valence-corrected chi connectivity index (χ0v) is 15.8. The highest BCUT2D eigenvalue weighted by molar-refractivity contribution is 7.92. The van der Waals surface area contributed by atoms with E-state index in [-0.39, 0.29) is 17.3 Å². The average Bonchev–Trinajstić information content (AvgIpc) is 2.68. The lowest BCUT2D eigenvalue weighted by molar-refractivity contribution is -0.130. The predicted octanol–water partition coefficient (Wildman–Crippen LogP) is 3.20. The van der Waals surface area contributed by atoms with Crippen LogP contribution in [0, 0.1) is 6.92 Å². The van der Waals surface area contributed by atoms with Crippen molar-refractivity contribution < 1.29 is 13.2 Å². The second-order valence-electron chi connectivity index (χ2n) is 6.60. The van der Waals surface area contributed by atoms with Gasteiger partial charge in [-0.1, -0.05) is 35.9 Å². The number of nitrogens with zero attached hydrogens (tertiary/aromatic N) is 2. The van der Waals surface area contributed by atoms with Gasteiger partial charge in [-0.3, -0.25) is 9.10 Å². The predicted molar refractivity (Wildman–Crippen MR) is 103 cm³/mol. The summed E-state index contributed by atoms with van der Waals surface area (Å²) in [5, 5.41) is 0. The Balaban J connectivity index is 1.94. The third-order valence-corrected chi connectivity index (χ3v) is 6.43. The molecule has 2 aromatic rings. The summed E-state index contributed by atoms with van der Waals surface area (Å²) < 4.78 is 27.6. The van der Waals surface area contributed by atoms with Gasteiger partial charge in [0.2, 0.25) is 5.91 Å². The highest BCUT2D eigenvalue weighted by Gasteiger charge is 2.29. The van der Waals surface area contributed by atoms with Crippen molar-refractivity contribution in [2.45, 2.75) is 31.1 Å². The van der Waals surface area contributed by atoms with Gasteiger partial charge in [0.15, 0.2) is 0 Å². The van der Waals surface area contributed by atoms with E-state index in [4.69, 9.17) is 0 Å². The lowest BCUT2D eigenvalue weighted by Gasteiger charge is -2.30. The first-order valence-corrected chi connectivity index (χ1v) is 10.3. The first-order valence-electron chi connectivity index (χ1n) is 8.91. The summed E-state index contributed by atoms with van der Waals surface area (Å²) in [6.45, 7) is 3.16. The van der Waals surface area contributed by atoms with Gasteiger partial charge in [-0.25, -0.2) is 8.42 Å². The number of benzene rings is 2. The van der Waals surface area contributed by atoms with Crippen molar-refractivity contribution in [3.8, 4) is 0 Å². The fourth-order valence-electron chi connectivity index (χ4n) is 3.11. The molecule has 138 valence electrons. The summed E-state index contributed by atoms with van der Waals surface area (Å²) in [4.78, 5) is 14.7. The molecule has 3 rings (SSSR count). The Morgan fingerprint density at radius 2 is 1.58 bits per heavy atom. The fourth-order valence-corrected chi connectivity index (χ4v) is 4.55. The SMILES string of the molecule is Cc1ccc(N(CC(=O)N2CCCCC2)S(=O)(=O)c2ccccc2)cc1. The Labute approximate surface area is 155 Å². The van der Waals surface area contributed by atoms with Gasteiger partial charge in [0, 0.05) is 13.1 Å². The number of likely N-dealkylation sites (tertiary alicyclic amines) is 1. The molecule has 6 heteroatoms. The maximum absolute atomic E-state index is 13.2. The van der Waals surface area contributed by atoms with Crippen LogP contribution in [0.5, 0.6) is 0 Å². The number of anilines is 1. The van der Waals surface area contributed by atoms with E-state index in [1.807, 2.05) is 19.1 Å². The molecule has 26 heavy (non-hydrogen) atoms. The number of rotatable bonds is 5. The molecule has 0 aliphatic carbocycles. The van der Waals surface area contributed by atoms with Gasteiger partial charge in [0.05, 0.1) is 10.6 Å². The minimum atomic E-state index is -3.81. The van der Waals surface area contributed by atoms with Gasteiger partial charge in [0.1, 0.15) is 6.54 Å². The Hall–Kier alpha value is -2.34. The van der Waals surface area contributed by atoms with Crippen LogP contribution in [0.4, 0.5) is 5.69 Å². The Kier molecular flexibility index (Phi) is 5.61. The summed E-state index contributed by atoms with van der Waals surface area (Å²) >= 11 is 0. The third kappa shape index (κ3) is 4.07. The number of piperidine rings is 1. The number of hydrogen-bond acceptors (Lipinski definition) is 3. The van der Waals surface area contributed by atoms with E-state index in [1.54, 1.807) is 47.4 Å². The lowest BCUT2D eigenvalue weighted by atomic mass is 10.1. The van der Waals surface area contributed by atoms with Crippen molar-refractivity contribution in [1.29, 1.82) is 0 Å². The molecule has 0 atom stereocenters. The van der Waals surface area contributed by atoms with Crippen LogP contribution in [0.2, 0.25) is 0 Å². The largest absolute Gasteiger partial charge is 0.341 e. The summed E-state index contributed by atoms with van der Waals surface area (Å²) in [6.07, 6.45) is 3.07. The normalized spacial score (nSPS) is 14.9. The standard InChI is InChI=1S/C20H24N2O3S/c1-17-10-12-18(13-11-17)22(16-20(23)21-14-6-3-7-15-21)26(24,25)19-8-4-2-5-9-19/h2,4-5,8-13H,3,6-7,14-16H2,1H3. The second kappa shape index (κ2) is 7.91. The van der Waals surface area contributed by atoms with Crippen LogP contribution in [0.3, 0.4) is 0 Å². The van der Waals surface area contributed by atoms with Gasteiger partial charge in [-0.15, -0.1) is 0 Å². The van der Waals surface area contributed by atoms with Gasteiger partial charge in [-0.05, 0) is 50.5 Å². The number of carbonyl (C=O) groups excluding carboxylic acids is 1. The highest BCUT2D eigenvalue weighted by Crippen LogP contribution is 2.24. The minimum Gasteiger partial charge on any atom is -0.341 e. The van der Waals surface area contributed by atoms with Crippen LogP contribution >= 0.6 is 0 Å². The number of hydrogen-bond donors (Lipinski definition) is 0. The van der Waals surface area contributed by atoms with Gasteiger partial charge < -0.3 is 4.90 Å². The first-order chi connectivity index (χ1) is 12.5. The van der Waals surface area contributed by atoms with Crippen molar-refractivity contribution in [2.24, 2.45) is 0 Å². The molecule has 0 N–H and O–H groups in total. The summed E-state index contributed by atoms with van der Waals surface area (Å²) in [5.74, 6) is -0.148. The highest BCUT2D eigenvalue weighted by atomic mass is 32.2. The summed E-state index contributed by atoms with van der Waals surface area (Å²) in [6, 6.07) is 15.5. The second-order valence-corrected chi connectivity index (χ2v) is 8.46. The molecule has 0 spiro atoms. The number of amides is 1. The molecular formula is C20H24N2O3S. The van der Waals surface area contributed by atoms with Crippen molar-refractivity contribution in [2.75, 3.05) is 23.9 Å². The van der Waals surface area contributed by atoms with Gasteiger partial charge in [0.25, 0.3) is 10.0 Å². The molecule has 0 unspecified atom stereocenters. The quantitative estimate of drug-likeness (QED) is 0.810. The molecule has 1 aliphatic rings. The van der Waals surface area contributed by atoms with Crippen LogP contribution < -0.4 is 4.31 Å². The zero-order valence-electron chi connectivity index (χ0n) is 15.0. The van der Waals surface area contributed by atoms with E-state index < -0.39 is 10.0 Å². The molecule has 2 aromatic carbocycles. The van der Waals surface area contributed by atoms with Crippen LogP contribution in [0.25, 0.3) is 0 Å². The summed E-state index contributed by atoms with van der Waals surface area (Å²) in [7, 11) is -3.81. The Morgan fingerprint density at radius 3 is 2.19 bits per heavy atom. The van der Waals surface area contributed by atoms with E-state index in [1.165, 1.54) is 4.31 Å². The van der Waals surface area contributed by atoms with Crippen molar-refractivity contribution in [3.05, 3.63) is 60.2 Å². The molecule has 1 heterocycles. The summed E-state index contributed by atoms with van der Waals surface area (Å²) in [5.41, 5.74) is 1.54. The van der Waals surface area contributed by atoms with E-state index >= 15 is 0 Å². The van der Waals surface area contributed by atoms with Crippen molar-refractivity contribution >= 4 is 21.6 Å². The maximum Gasteiger partial charge on any atom is 0.264 e. The monoisotopic (exact) mass is 372 g/mol. The molecule has 1 amide bonds. The maximum atomic E-state index is 13.2. The van der Waals surface area contributed by atoms with Crippen molar-refractivity contribution in [3.63, 3.8) is 0 Å². The molecule has 0 radical (unpaired) electrons. The fraction of sp³-hybridized carbons (Fsp3) is 0.350. The third-order valence-electron chi connectivity index (χ3n) is 4.64. The number of aryl methyl sites for hydroxylation is 1. The number of sulfonamides is 1. The van der Waals surface area contributed by atoms with E-state index in [9.17, 15) is 13.2 Å². The average molecular weight is 372 g/mol. The molecule has 1 saturated heterocycles. The van der Waals surface area contributed by atoms with Crippen LogP contribution in [0.1, 0.15) is 24.8 Å². The first kappa shape index (κ1) is 18.5. The lowest BCUT2D eigenvalue weighted by Crippen LogP contribution is -2.44. The zero-order chi connectivity index (χ0) is 18.6. The van der Waals surface area contributed by atoms with Crippen LogP contribution in [-0.4, -0.2) is 38.9 Å². The van der Waals surface area contributed by atoms with E-state index in [0.717, 1.165) is 24.8 Å². The minimum absolute atomic E-state index is 0.148. The van der Waals surface area contributed by atoms with Crippen LogP contribution in [-0.2, 0) is 14.8 Å². The topological polar surface area (TPSA) is 57.7 Å². The molecule has 5 nitrogen and oxygen atoms in total. The number of carbonyl (C=O) groups is 1. The van der Waals surface area contributed by atoms with Crippen LogP contribution in [0.15, 0.2) is 59.5 Å². The van der Waals surface area contributed by atoms with Gasteiger partial charge in [-0.2, -0.15) is 0 Å². The molecule has 0 bridgehead atoms. The van der Waals surface area contributed by atoms with Crippen molar-refractivity contribution in [1.82, 2.24) is 4.90 Å². The Morgan fingerprint density at radius 1 is 0.962 bits per heavy atom. The Bertz CT molecular complexity index is 842. The van der Waals surface area contributed by atoms with Gasteiger partial charge >= 0.3 is 0 Å². The van der Waals surface area contributed by atoms with E-state index in [0.29, 0.717) is 18.8 Å². The van der Waals surface area contributed by atoms with E-state index in [2.05, 4.69) is 0 Å². The molecule has 0 aromatic heterocycles. The molecule has 1 fully saturated rings. The smallest absolute Gasteiger partial charge is 0.264 e. The molecule has 0 saturated carbocycles. The molecule has 1 aliphatic heterocycles.